The largest absolute Gasteiger partial charge is 0.497 e. The molecule has 0 aliphatic heterocycles. The van der Waals surface area contributed by atoms with Crippen molar-refractivity contribution in [1.82, 2.24) is 0 Å². The monoisotopic (exact) mass is 288 g/mol. The van der Waals surface area contributed by atoms with Crippen LogP contribution >= 0.6 is 0 Å². The van der Waals surface area contributed by atoms with Crippen LogP contribution in [-0.2, 0) is 0 Å². The van der Waals surface area contributed by atoms with Crippen LogP contribution in [0.2, 0.25) is 0 Å². The quantitative estimate of drug-likeness (QED) is 0.840. The van der Waals surface area contributed by atoms with Crippen molar-refractivity contribution >= 4 is 0 Å². The van der Waals surface area contributed by atoms with E-state index in [1.54, 1.807) is 28.4 Å². The minimum atomic E-state index is 0.691. The van der Waals surface area contributed by atoms with Crippen LogP contribution in [0.3, 0.4) is 0 Å². The fourth-order valence-corrected chi connectivity index (χ4v) is 2.29. The Labute approximate surface area is 125 Å². The molecule has 0 amide bonds. The topological polar surface area (TPSA) is 36.9 Å². The molecule has 21 heavy (non-hydrogen) atoms. The van der Waals surface area contributed by atoms with Crippen LogP contribution in [0.1, 0.15) is 5.56 Å². The molecule has 0 N–H and O–H groups in total. The van der Waals surface area contributed by atoms with Crippen molar-refractivity contribution in [2.75, 3.05) is 28.4 Å². The number of methoxy groups -OCH3 is 4. The van der Waals surface area contributed by atoms with Gasteiger partial charge in [-0.2, -0.15) is 0 Å². The minimum absolute atomic E-state index is 0.691. The molecular formula is C17H20O4. The van der Waals surface area contributed by atoms with Crippen molar-refractivity contribution in [2.24, 2.45) is 0 Å². The molecule has 112 valence electrons. The molecule has 0 heterocycles. The van der Waals surface area contributed by atoms with Crippen molar-refractivity contribution in [1.29, 1.82) is 0 Å². The standard InChI is InChI=1S/C17H20O4/c1-11-8-16(20-4)17(21-5)10-14(11)13-7-6-12(18-2)9-15(13)19-3/h6-10H,1-5H3. The molecule has 2 aromatic carbocycles. The highest BCUT2D eigenvalue weighted by molar-refractivity contribution is 5.76. The van der Waals surface area contributed by atoms with Crippen LogP contribution in [0.25, 0.3) is 11.1 Å². The summed E-state index contributed by atoms with van der Waals surface area (Å²) in [6.07, 6.45) is 0. The van der Waals surface area contributed by atoms with Crippen LogP contribution in [0.4, 0.5) is 0 Å². The Hall–Kier alpha value is -2.36. The second kappa shape index (κ2) is 6.39. The highest BCUT2D eigenvalue weighted by atomic mass is 16.5. The molecule has 0 saturated carbocycles. The number of benzene rings is 2. The maximum absolute atomic E-state index is 5.48. The lowest BCUT2D eigenvalue weighted by molar-refractivity contribution is 0.355. The molecule has 0 atom stereocenters. The zero-order valence-corrected chi connectivity index (χ0v) is 13.0. The lowest BCUT2D eigenvalue weighted by Crippen LogP contribution is -1.95. The number of rotatable bonds is 5. The Morgan fingerprint density at radius 2 is 1.24 bits per heavy atom. The molecule has 2 aromatic rings. The molecule has 0 saturated heterocycles. The van der Waals surface area contributed by atoms with Gasteiger partial charge >= 0.3 is 0 Å². The van der Waals surface area contributed by atoms with Crippen LogP contribution in [-0.4, -0.2) is 28.4 Å². The predicted molar refractivity (Wildman–Crippen MR) is 82.8 cm³/mol. The number of aryl methyl sites for hydroxylation is 1. The summed E-state index contributed by atoms with van der Waals surface area (Å²) in [5.74, 6) is 2.92. The lowest BCUT2D eigenvalue weighted by Gasteiger charge is -2.15. The SMILES string of the molecule is COc1ccc(-c2cc(OC)c(OC)cc2C)c(OC)c1. The normalized spacial score (nSPS) is 10.1. The summed E-state index contributed by atoms with van der Waals surface area (Å²) in [6, 6.07) is 9.67. The Balaban J connectivity index is 2.61. The van der Waals surface area contributed by atoms with E-state index in [0.29, 0.717) is 11.5 Å². The average molecular weight is 288 g/mol. The Kier molecular flexibility index (Phi) is 4.58. The maximum Gasteiger partial charge on any atom is 0.161 e. The van der Waals surface area contributed by atoms with Gasteiger partial charge in [0.15, 0.2) is 11.5 Å². The van der Waals surface area contributed by atoms with Crippen LogP contribution in [0, 0.1) is 6.92 Å². The van der Waals surface area contributed by atoms with E-state index < -0.39 is 0 Å². The Morgan fingerprint density at radius 1 is 0.619 bits per heavy atom. The van der Waals surface area contributed by atoms with Crippen molar-refractivity contribution in [3.05, 3.63) is 35.9 Å². The second-order valence-electron chi connectivity index (χ2n) is 4.59. The molecule has 0 aliphatic rings. The summed E-state index contributed by atoms with van der Waals surface area (Å²) in [7, 11) is 6.54. The van der Waals surface area contributed by atoms with Crippen molar-refractivity contribution in [3.63, 3.8) is 0 Å². The smallest absolute Gasteiger partial charge is 0.161 e. The molecule has 0 fully saturated rings. The molecule has 0 spiro atoms. The fourth-order valence-electron chi connectivity index (χ4n) is 2.29. The number of hydrogen-bond donors (Lipinski definition) is 0. The first-order chi connectivity index (χ1) is 10.1. The van der Waals surface area contributed by atoms with E-state index in [1.165, 1.54) is 0 Å². The summed E-state index contributed by atoms with van der Waals surface area (Å²) in [4.78, 5) is 0. The first kappa shape index (κ1) is 15.0. The minimum Gasteiger partial charge on any atom is -0.497 e. The zero-order chi connectivity index (χ0) is 15.4. The van der Waals surface area contributed by atoms with Gasteiger partial charge in [0.05, 0.1) is 28.4 Å². The highest BCUT2D eigenvalue weighted by Crippen LogP contribution is 2.40. The molecular weight excluding hydrogens is 268 g/mol. The molecule has 0 unspecified atom stereocenters. The molecule has 0 aliphatic carbocycles. The zero-order valence-electron chi connectivity index (χ0n) is 13.0. The van der Waals surface area contributed by atoms with Gasteiger partial charge in [0.2, 0.25) is 0 Å². The van der Waals surface area contributed by atoms with Gasteiger partial charge in [-0.15, -0.1) is 0 Å². The predicted octanol–water partition coefficient (Wildman–Crippen LogP) is 3.70. The lowest BCUT2D eigenvalue weighted by atomic mass is 9.98. The summed E-state index contributed by atoms with van der Waals surface area (Å²) in [6.45, 7) is 2.03. The molecule has 2 rings (SSSR count). The van der Waals surface area contributed by atoms with Gasteiger partial charge in [-0.05, 0) is 42.3 Å². The second-order valence-corrected chi connectivity index (χ2v) is 4.59. The van der Waals surface area contributed by atoms with E-state index >= 15 is 0 Å². The molecule has 0 radical (unpaired) electrons. The number of hydrogen-bond acceptors (Lipinski definition) is 4. The highest BCUT2D eigenvalue weighted by Gasteiger charge is 2.14. The Bertz CT molecular complexity index is 635. The van der Waals surface area contributed by atoms with Gasteiger partial charge in [0.25, 0.3) is 0 Å². The molecule has 0 aromatic heterocycles. The summed E-state index contributed by atoms with van der Waals surface area (Å²) >= 11 is 0. The van der Waals surface area contributed by atoms with Gasteiger partial charge < -0.3 is 18.9 Å². The van der Waals surface area contributed by atoms with Gasteiger partial charge in [0, 0.05) is 11.6 Å². The summed E-state index contributed by atoms with van der Waals surface area (Å²) < 4.78 is 21.4. The van der Waals surface area contributed by atoms with E-state index in [0.717, 1.165) is 28.2 Å². The van der Waals surface area contributed by atoms with Crippen molar-refractivity contribution in [3.8, 4) is 34.1 Å². The summed E-state index contributed by atoms with van der Waals surface area (Å²) in [5.41, 5.74) is 3.10. The van der Waals surface area contributed by atoms with Crippen LogP contribution < -0.4 is 18.9 Å². The van der Waals surface area contributed by atoms with Crippen molar-refractivity contribution < 1.29 is 18.9 Å². The molecule has 0 bridgehead atoms. The molecule has 4 heteroatoms. The fraction of sp³-hybridized carbons (Fsp3) is 0.294. The number of ether oxygens (including phenoxy) is 4. The average Bonchev–Trinajstić information content (AvgIpc) is 2.53. The third-order valence-electron chi connectivity index (χ3n) is 3.43. The first-order valence-corrected chi connectivity index (χ1v) is 6.59. The summed E-state index contributed by atoms with van der Waals surface area (Å²) in [5, 5.41) is 0. The van der Waals surface area contributed by atoms with Gasteiger partial charge in [-0.1, -0.05) is 0 Å². The van der Waals surface area contributed by atoms with E-state index in [2.05, 4.69) is 0 Å². The molecule has 4 nitrogen and oxygen atoms in total. The van der Waals surface area contributed by atoms with Crippen LogP contribution in [0.15, 0.2) is 30.3 Å². The van der Waals surface area contributed by atoms with Crippen molar-refractivity contribution in [2.45, 2.75) is 6.92 Å². The third kappa shape index (κ3) is 2.89. The van der Waals surface area contributed by atoms with E-state index in [9.17, 15) is 0 Å². The van der Waals surface area contributed by atoms with Crippen LogP contribution in [0.5, 0.6) is 23.0 Å². The Morgan fingerprint density at radius 3 is 1.81 bits per heavy atom. The third-order valence-corrected chi connectivity index (χ3v) is 3.43. The van der Waals surface area contributed by atoms with Gasteiger partial charge in [0.1, 0.15) is 11.5 Å². The van der Waals surface area contributed by atoms with Gasteiger partial charge in [-0.3, -0.25) is 0 Å². The van der Waals surface area contributed by atoms with Gasteiger partial charge in [-0.25, -0.2) is 0 Å². The van der Waals surface area contributed by atoms with E-state index in [-0.39, 0.29) is 0 Å². The van der Waals surface area contributed by atoms with E-state index in [4.69, 9.17) is 18.9 Å². The first-order valence-electron chi connectivity index (χ1n) is 6.59. The maximum atomic E-state index is 5.48. The van der Waals surface area contributed by atoms with E-state index in [1.807, 2.05) is 37.3 Å².